The van der Waals surface area contributed by atoms with E-state index in [2.05, 4.69) is 5.32 Å². The van der Waals surface area contributed by atoms with Gasteiger partial charge in [0.05, 0.1) is 16.2 Å². The lowest BCUT2D eigenvalue weighted by Crippen LogP contribution is -2.19. The molecule has 0 spiro atoms. The number of nitrogens with two attached hydrogens (primary N) is 1. The van der Waals surface area contributed by atoms with Crippen LogP contribution in [-0.2, 0) is 0 Å². The fraction of sp³-hybridized carbons (Fsp3) is 0. The molecule has 0 radical (unpaired) electrons. The molecular formula is C16H10Cl3N3O3. The number of halogens is 3. The molecule has 0 atom stereocenters. The Morgan fingerprint density at radius 1 is 1.04 bits per heavy atom. The number of carbonyl (C=O) groups is 2. The number of amides is 2. The van der Waals surface area contributed by atoms with Crippen LogP contribution in [0.3, 0.4) is 0 Å². The van der Waals surface area contributed by atoms with Crippen molar-refractivity contribution in [3.05, 3.63) is 57.0 Å². The Morgan fingerprint density at radius 2 is 1.68 bits per heavy atom. The van der Waals surface area contributed by atoms with Gasteiger partial charge in [0.1, 0.15) is 5.56 Å². The summed E-state index contributed by atoms with van der Waals surface area (Å²) >= 11 is 17.8. The summed E-state index contributed by atoms with van der Waals surface area (Å²) < 4.78 is 0.823. The van der Waals surface area contributed by atoms with Gasteiger partial charge in [-0.25, -0.2) is 9.36 Å². The van der Waals surface area contributed by atoms with Gasteiger partial charge in [-0.15, -0.1) is 0 Å². The number of hydrogen-bond acceptors (Lipinski definition) is 3. The molecule has 0 unspecified atom stereocenters. The van der Waals surface area contributed by atoms with Crippen molar-refractivity contribution in [2.75, 3.05) is 5.32 Å². The van der Waals surface area contributed by atoms with Crippen LogP contribution in [0.4, 0.5) is 10.5 Å². The van der Waals surface area contributed by atoms with E-state index in [0.29, 0.717) is 10.0 Å². The minimum Gasteiger partial charge on any atom is -0.494 e. The van der Waals surface area contributed by atoms with Crippen LogP contribution in [0.15, 0.2) is 36.4 Å². The Bertz CT molecular complexity index is 1030. The van der Waals surface area contributed by atoms with Crippen LogP contribution in [0.5, 0.6) is 5.88 Å². The molecule has 4 N–H and O–H groups in total. The van der Waals surface area contributed by atoms with E-state index in [4.69, 9.17) is 40.5 Å². The van der Waals surface area contributed by atoms with E-state index in [1.165, 1.54) is 30.3 Å². The SMILES string of the molecule is NC(=O)n1c(O)c(C(=O)Nc2ccc(Cl)cc2Cl)c2cc(Cl)ccc21. The molecule has 128 valence electrons. The fourth-order valence-corrected chi connectivity index (χ4v) is 3.10. The van der Waals surface area contributed by atoms with Crippen molar-refractivity contribution < 1.29 is 14.7 Å². The largest absolute Gasteiger partial charge is 0.494 e. The van der Waals surface area contributed by atoms with Crippen LogP contribution in [0, 0.1) is 0 Å². The van der Waals surface area contributed by atoms with Crippen LogP contribution in [0.2, 0.25) is 15.1 Å². The molecule has 0 fully saturated rings. The lowest BCUT2D eigenvalue weighted by Gasteiger charge is -2.07. The second kappa shape index (κ2) is 6.48. The van der Waals surface area contributed by atoms with Gasteiger partial charge in [-0.2, -0.15) is 0 Å². The Balaban J connectivity index is 2.14. The zero-order chi connectivity index (χ0) is 18.3. The predicted molar refractivity (Wildman–Crippen MR) is 98.0 cm³/mol. The summed E-state index contributed by atoms with van der Waals surface area (Å²) in [5.41, 5.74) is 5.68. The number of nitrogens with zero attached hydrogens (tertiary/aromatic N) is 1. The molecule has 1 aromatic heterocycles. The van der Waals surface area contributed by atoms with Gasteiger partial charge in [0.2, 0.25) is 5.88 Å². The van der Waals surface area contributed by atoms with Crippen molar-refractivity contribution in [1.29, 1.82) is 0 Å². The Hall–Kier alpha value is -2.41. The minimum atomic E-state index is -0.937. The monoisotopic (exact) mass is 397 g/mol. The van der Waals surface area contributed by atoms with Gasteiger partial charge in [0, 0.05) is 15.4 Å². The molecule has 3 rings (SSSR count). The first kappa shape index (κ1) is 17.4. The summed E-state index contributed by atoms with van der Waals surface area (Å²) in [5.74, 6) is -1.28. The Kier molecular flexibility index (Phi) is 4.51. The van der Waals surface area contributed by atoms with Gasteiger partial charge in [-0.05, 0) is 36.4 Å². The van der Waals surface area contributed by atoms with E-state index in [-0.39, 0.29) is 27.2 Å². The summed E-state index contributed by atoms with van der Waals surface area (Å²) in [6.07, 6.45) is 0. The standard InChI is InChI=1S/C16H10Cl3N3O3/c17-7-2-4-12-9(5-7)13(15(24)22(12)16(20)25)14(23)21-11-3-1-8(18)6-10(11)19/h1-6,24H,(H2,20,25)(H,21,23). The van der Waals surface area contributed by atoms with Gasteiger partial charge in [0.25, 0.3) is 5.91 Å². The Labute approximate surface area is 156 Å². The van der Waals surface area contributed by atoms with Crippen molar-refractivity contribution in [2.24, 2.45) is 5.73 Å². The number of aromatic nitrogens is 1. The first-order chi connectivity index (χ1) is 11.8. The molecule has 2 aromatic carbocycles. The average Bonchev–Trinajstić information content (AvgIpc) is 2.81. The molecule has 9 heteroatoms. The highest BCUT2D eigenvalue weighted by Gasteiger charge is 2.25. The molecule has 0 bridgehead atoms. The quantitative estimate of drug-likeness (QED) is 0.593. The summed E-state index contributed by atoms with van der Waals surface area (Å²) in [7, 11) is 0. The average molecular weight is 399 g/mol. The third-order valence-corrected chi connectivity index (χ3v) is 4.31. The van der Waals surface area contributed by atoms with Gasteiger partial charge >= 0.3 is 6.03 Å². The summed E-state index contributed by atoms with van der Waals surface area (Å²) in [5, 5.41) is 14.1. The number of carbonyl (C=O) groups excluding carboxylic acids is 2. The number of rotatable bonds is 2. The van der Waals surface area contributed by atoms with Gasteiger partial charge in [-0.3, -0.25) is 4.79 Å². The summed E-state index contributed by atoms with van der Waals surface area (Å²) in [6.45, 7) is 0. The molecule has 0 aliphatic rings. The molecule has 1 heterocycles. The van der Waals surface area contributed by atoms with Crippen molar-refractivity contribution >= 4 is 63.3 Å². The number of hydrogen-bond donors (Lipinski definition) is 3. The second-order valence-electron chi connectivity index (χ2n) is 5.11. The number of fused-ring (bicyclic) bond motifs is 1. The zero-order valence-electron chi connectivity index (χ0n) is 12.4. The van der Waals surface area contributed by atoms with E-state index in [9.17, 15) is 14.7 Å². The maximum absolute atomic E-state index is 12.7. The van der Waals surface area contributed by atoms with Crippen LogP contribution in [0.1, 0.15) is 10.4 Å². The highest BCUT2D eigenvalue weighted by Crippen LogP contribution is 2.34. The number of benzene rings is 2. The smallest absolute Gasteiger partial charge is 0.326 e. The minimum absolute atomic E-state index is 0.151. The number of nitrogens with one attached hydrogen (secondary N) is 1. The first-order valence-corrected chi connectivity index (χ1v) is 8.02. The van der Waals surface area contributed by atoms with Crippen molar-refractivity contribution in [1.82, 2.24) is 4.57 Å². The van der Waals surface area contributed by atoms with E-state index >= 15 is 0 Å². The third kappa shape index (κ3) is 3.11. The molecule has 0 aliphatic heterocycles. The maximum atomic E-state index is 12.7. The van der Waals surface area contributed by atoms with Crippen molar-refractivity contribution in [2.45, 2.75) is 0 Å². The topological polar surface area (TPSA) is 97.3 Å². The van der Waals surface area contributed by atoms with Gasteiger partial charge in [0.15, 0.2) is 0 Å². The van der Waals surface area contributed by atoms with Crippen LogP contribution >= 0.6 is 34.8 Å². The second-order valence-corrected chi connectivity index (χ2v) is 6.39. The molecule has 2 amide bonds. The maximum Gasteiger partial charge on any atom is 0.326 e. The third-order valence-electron chi connectivity index (χ3n) is 3.53. The van der Waals surface area contributed by atoms with E-state index in [0.717, 1.165) is 4.57 Å². The summed E-state index contributed by atoms with van der Waals surface area (Å²) in [6, 6.07) is 8.03. The molecule has 0 saturated carbocycles. The van der Waals surface area contributed by atoms with Crippen molar-refractivity contribution in [3.8, 4) is 5.88 Å². The lowest BCUT2D eigenvalue weighted by molar-refractivity contribution is 0.102. The number of anilines is 1. The van der Waals surface area contributed by atoms with E-state index in [1.54, 1.807) is 6.07 Å². The van der Waals surface area contributed by atoms with Crippen LogP contribution < -0.4 is 11.1 Å². The highest BCUT2D eigenvalue weighted by molar-refractivity contribution is 6.37. The van der Waals surface area contributed by atoms with E-state index < -0.39 is 17.8 Å². The normalized spacial score (nSPS) is 10.8. The molecular weight excluding hydrogens is 389 g/mol. The van der Waals surface area contributed by atoms with Gasteiger partial charge in [-0.1, -0.05) is 34.8 Å². The molecule has 3 aromatic rings. The van der Waals surface area contributed by atoms with Crippen molar-refractivity contribution in [3.63, 3.8) is 0 Å². The van der Waals surface area contributed by atoms with Crippen LogP contribution in [-0.4, -0.2) is 21.6 Å². The lowest BCUT2D eigenvalue weighted by atomic mass is 10.1. The predicted octanol–water partition coefficient (Wildman–Crippen LogP) is 4.49. The zero-order valence-corrected chi connectivity index (χ0v) is 14.7. The molecule has 6 nitrogen and oxygen atoms in total. The van der Waals surface area contributed by atoms with E-state index in [1.807, 2.05) is 0 Å². The first-order valence-electron chi connectivity index (χ1n) is 6.88. The summed E-state index contributed by atoms with van der Waals surface area (Å²) in [4.78, 5) is 24.3. The molecule has 0 aliphatic carbocycles. The number of primary amides is 1. The fourth-order valence-electron chi connectivity index (χ4n) is 2.47. The molecule has 0 saturated heterocycles. The molecule has 25 heavy (non-hydrogen) atoms. The van der Waals surface area contributed by atoms with Gasteiger partial charge < -0.3 is 16.2 Å². The Morgan fingerprint density at radius 3 is 2.32 bits per heavy atom. The number of aromatic hydroxyl groups is 1. The van der Waals surface area contributed by atoms with Crippen LogP contribution in [0.25, 0.3) is 10.9 Å². The highest BCUT2D eigenvalue weighted by atomic mass is 35.5.